The Morgan fingerprint density at radius 1 is 1.20 bits per heavy atom. The van der Waals surface area contributed by atoms with E-state index in [1.807, 2.05) is 0 Å². The number of sulfone groups is 1. The Kier molecular flexibility index (Phi) is 5.14. The predicted octanol–water partition coefficient (Wildman–Crippen LogP) is 1.38. The van der Waals surface area contributed by atoms with E-state index in [9.17, 15) is 8.42 Å². The maximum atomic E-state index is 11.7. The summed E-state index contributed by atoms with van der Waals surface area (Å²) in [4.78, 5) is 2.39. The average molecular weight is 302 g/mol. The molecule has 1 saturated heterocycles. The van der Waals surface area contributed by atoms with Crippen molar-refractivity contribution in [3.63, 3.8) is 0 Å². The van der Waals surface area contributed by atoms with Crippen molar-refractivity contribution in [2.75, 3.05) is 31.6 Å². The first-order valence-electron chi connectivity index (χ1n) is 7.94. The molecule has 20 heavy (non-hydrogen) atoms. The minimum Gasteiger partial charge on any atom is -0.317 e. The zero-order chi connectivity index (χ0) is 14.9. The molecule has 1 aliphatic heterocycles. The van der Waals surface area contributed by atoms with Crippen LogP contribution in [0.15, 0.2) is 0 Å². The number of hydrogen-bond acceptors (Lipinski definition) is 4. The zero-order valence-corrected chi connectivity index (χ0v) is 14.1. The fourth-order valence-corrected chi connectivity index (χ4v) is 5.75. The average Bonchev–Trinajstić information content (AvgIpc) is 2.34. The van der Waals surface area contributed by atoms with Gasteiger partial charge in [0.1, 0.15) is 0 Å². The summed E-state index contributed by atoms with van der Waals surface area (Å²) >= 11 is 0. The van der Waals surface area contributed by atoms with Crippen molar-refractivity contribution < 1.29 is 8.42 Å². The van der Waals surface area contributed by atoms with Crippen LogP contribution in [-0.4, -0.2) is 57.0 Å². The minimum atomic E-state index is -2.80. The molecule has 1 saturated carbocycles. The van der Waals surface area contributed by atoms with Crippen molar-refractivity contribution >= 4 is 9.84 Å². The number of hydrogen-bond donors (Lipinski definition) is 1. The molecule has 118 valence electrons. The highest BCUT2D eigenvalue weighted by atomic mass is 32.2. The second-order valence-corrected chi connectivity index (χ2v) is 9.30. The van der Waals surface area contributed by atoms with E-state index in [1.165, 1.54) is 12.8 Å². The van der Waals surface area contributed by atoms with Gasteiger partial charge in [-0.25, -0.2) is 8.42 Å². The van der Waals surface area contributed by atoms with Gasteiger partial charge in [-0.2, -0.15) is 0 Å². The van der Waals surface area contributed by atoms with Gasteiger partial charge in [-0.3, -0.25) is 4.90 Å². The largest absolute Gasteiger partial charge is 0.317 e. The number of nitrogens with zero attached hydrogens (tertiary/aromatic N) is 1. The van der Waals surface area contributed by atoms with Crippen LogP contribution in [0.2, 0.25) is 0 Å². The molecule has 4 nitrogen and oxygen atoms in total. The van der Waals surface area contributed by atoms with E-state index in [0.717, 1.165) is 12.5 Å². The molecule has 1 aliphatic carbocycles. The highest BCUT2D eigenvalue weighted by Crippen LogP contribution is 2.34. The highest BCUT2D eigenvalue weighted by molar-refractivity contribution is 7.91. The van der Waals surface area contributed by atoms with Gasteiger partial charge in [-0.05, 0) is 44.6 Å². The molecule has 0 aromatic rings. The summed E-state index contributed by atoms with van der Waals surface area (Å²) in [6, 6.07) is 0.734. The maximum Gasteiger partial charge on any atom is 0.153 e. The summed E-state index contributed by atoms with van der Waals surface area (Å²) in [7, 11) is -0.742. The molecule has 0 spiro atoms. The lowest BCUT2D eigenvalue weighted by Gasteiger charge is -2.44. The summed E-state index contributed by atoms with van der Waals surface area (Å²) in [5, 5.41) is 3.49. The van der Waals surface area contributed by atoms with Crippen molar-refractivity contribution in [3.8, 4) is 0 Å². The summed E-state index contributed by atoms with van der Waals surface area (Å²) < 4.78 is 23.4. The van der Waals surface area contributed by atoms with Crippen molar-refractivity contribution in [1.82, 2.24) is 10.2 Å². The molecule has 2 fully saturated rings. The zero-order valence-electron chi connectivity index (χ0n) is 13.3. The van der Waals surface area contributed by atoms with Crippen LogP contribution >= 0.6 is 0 Å². The lowest BCUT2D eigenvalue weighted by Crippen LogP contribution is -2.53. The topological polar surface area (TPSA) is 49.4 Å². The molecule has 5 heteroatoms. The highest BCUT2D eigenvalue weighted by Gasteiger charge is 2.36. The first kappa shape index (κ1) is 16.2. The Morgan fingerprint density at radius 3 is 2.50 bits per heavy atom. The third-order valence-corrected chi connectivity index (χ3v) is 7.10. The van der Waals surface area contributed by atoms with E-state index >= 15 is 0 Å². The number of rotatable bonds is 3. The van der Waals surface area contributed by atoms with E-state index in [4.69, 9.17) is 0 Å². The molecule has 1 N–H and O–H groups in total. The van der Waals surface area contributed by atoms with Gasteiger partial charge < -0.3 is 5.32 Å². The van der Waals surface area contributed by atoms with Crippen LogP contribution in [0.1, 0.15) is 33.6 Å². The Hall–Kier alpha value is -0.130. The van der Waals surface area contributed by atoms with Crippen molar-refractivity contribution in [1.29, 1.82) is 0 Å². The predicted molar refractivity (Wildman–Crippen MR) is 83.6 cm³/mol. The molecule has 2 rings (SSSR count). The molecular formula is C15H30N2O2S. The van der Waals surface area contributed by atoms with Gasteiger partial charge in [0.15, 0.2) is 9.84 Å². The molecule has 0 radical (unpaired) electrons. The minimum absolute atomic E-state index is 0.165. The second-order valence-electron chi connectivity index (χ2n) is 7.07. The van der Waals surface area contributed by atoms with E-state index in [2.05, 4.69) is 38.0 Å². The quantitative estimate of drug-likeness (QED) is 0.855. The van der Waals surface area contributed by atoms with E-state index < -0.39 is 9.84 Å². The van der Waals surface area contributed by atoms with E-state index in [-0.39, 0.29) is 6.04 Å². The van der Waals surface area contributed by atoms with Gasteiger partial charge in [-0.1, -0.05) is 13.8 Å². The Balaban J connectivity index is 2.01. The molecule has 0 bridgehead atoms. The Bertz CT molecular complexity index is 424. The first-order chi connectivity index (χ1) is 9.32. The Labute approximate surface area is 124 Å². The molecule has 0 amide bonds. The van der Waals surface area contributed by atoms with E-state index in [1.54, 1.807) is 0 Å². The first-order valence-corrected chi connectivity index (χ1v) is 9.76. The van der Waals surface area contributed by atoms with Crippen molar-refractivity contribution in [3.05, 3.63) is 0 Å². The van der Waals surface area contributed by atoms with Crippen molar-refractivity contribution in [2.45, 2.75) is 45.7 Å². The van der Waals surface area contributed by atoms with Gasteiger partial charge in [0.25, 0.3) is 0 Å². The molecule has 1 heterocycles. The van der Waals surface area contributed by atoms with Crippen LogP contribution in [0.4, 0.5) is 0 Å². The molecule has 0 aromatic heterocycles. The van der Waals surface area contributed by atoms with Gasteiger partial charge in [0.2, 0.25) is 0 Å². The summed E-state index contributed by atoms with van der Waals surface area (Å²) in [5.41, 5.74) is 0. The van der Waals surface area contributed by atoms with Crippen LogP contribution in [0.5, 0.6) is 0 Å². The second kappa shape index (κ2) is 6.32. The summed E-state index contributed by atoms with van der Waals surface area (Å²) in [5.74, 6) is 2.80. The summed E-state index contributed by atoms with van der Waals surface area (Å²) in [6.07, 6.45) is 2.54. The summed E-state index contributed by atoms with van der Waals surface area (Å²) in [6.45, 7) is 8.50. The van der Waals surface area contributed by atoms with E-state index in [0.29, 0.717) is 35.9 Å². The SMILES string of the molecule is CNC1CC(C)CC(C)C1CN1CCS(=O)(=O)CC1C. The lowest BCUT2D eigenvalue weighted by molar-refractivity contribution is 0.0916. The van der Waals surface area contributed by atoms with Gasteiger partial charge in [-0.15, -0.1) is 0 Å². The van der Waals surface area contributed by atoms with Gasteiger partial charge in [0, 0.05) is 25.2 Å². The Morgan fingerprint density at radius 2 is 1.90 bits per heavy atom. The van der Waals surface area contributed by atoms with Crippen LogP contribution < -0.4 is 5.32 Å². The molecule has 5 atom stereocenters. The molecular weight excluding hydrogens is 272 g/mol. The standard InChI is InChI=1S/C15H30N2O2S/c1-11-7-12(2)14(15(8-11)16-4)9-17-5-6-20(18,19)10-13(17)3/h11-16H,5-10H2,1-4H3. The van der Waals surface area contributed by atoms with Crippen LogP contribution in [0.3, 0.4) is 0 Å². The van der Waals surface area contributed by atoms with Gasteiger partial charge >= 0.3 is 0 Å². The smallest absolute Gasteiger partial charge is 0.153 e. The lowest BCUT2D eigenvalue weighted by atomic mass is 9.72. The van der Waals surface area contributed by atoms with Crippen LogP contribution in [0.25, 0.3) is 0 Å². The number of nitrogens with one attached hydrogen (secondary N) is 1. The van der Waals surface area contributed by atoms with Crippen LogP contribution in [-0.2, 0) is 9.84 Å². The van der Waals surface area contributed by atoms with Crippen LogP contribution in [0, 0.1) is 17.8 Å². The third-order valence-electron chi connectivity index (χ3n) is 5.30. The maximum absolute atomic E-state index is 11.7. The monoisotopic (exact) mass is 302 g/mol. The van der Waals surface area contributed by atoms with Gasteiger partial charge in [0.05, 0.1) is 11.5 Å². The fraction of sp³-hybridized carbons (Fsp3) is 1.00. The normalized spacial score (nSPS) is 42.5. The molecule has 5 unspecified atom stereocenters. The molecule has 0 aromatic carbocycles. The fourth-order valence-electron chi connectivity index (χ4n) is 4.12. The molecule has 2 aliphatic rings. The van der Waals surface area contributed by atoms with Crippen molar-refractivity contribution in [2.24, 2.45) is 17.8 Å². The third kappa shape index (κ3) is 3.74.